The van der Waals surface area contributed by atoms with Crippen LogP contribution in [0.2, 0.25) is 0 Å². The number of hydrogen-bond acceptors (Lipinski definition) is 4. The summed E-state index contributed by atoms with van der Waals surface area (Å²) in [6.07, 6.45) is 5.60. The summed E-state index contributed by atoms with van der Waals surface area (Å²) in [6.45, 7) is 1.80. The molecule has 2 fully saturated rings. The van der Waals surface area contributed by atoms with Gasteiger partial charge in [0.15, 0.2) is 0 Å². The molecule has 25 heavy (non-hydrogen) atoms. The van der Waals surface area contributed by atoms with Gasteiger partial charge in [-0.25, -0.2) is 4.79 Å². The summed E-state index contributed by atoms with van der Waals surface area (Å²) in [5.74, 6) is 0.678. The maximum absolute atomic E-state index is 12.9. The number of hydrogen-bond donors (Lipinski definition) is 0. The highest BCUT2D eigenvalue weighted by atomic mass is 16.5. The molecule has 2 aliphatic rings. The van der Waals surface area contributed by atoms with Gasteiger partial charge in [0.05, 0.1) is 18.9 Å². The number of amides is 3. The van der Waals surface area contributed by atoms with Gasteiger partial charge in [0.25, 0.3) is 0 Å². The Morgan fingerprint density at radius 2 is 2.04 bits per heavy atom. The molecule has 0 unspecified atom stereocenters. The van der Waals surface area contributed by atoms with Gasteiger partial charge in [0.2, 0.25) is 5.91 Å². The zero-order valence-electron chi connectivity index (χ0n) is 15.0. The average molecular weight is 349 g/mol. The first-order valence-electron chi connectivity index (χ1n) is 8.94. The monoisotopic (exact) mass is 349 g/mol. The molecule has 0 bridgehead atoms. The lowest BCUT2D eigenvalue weighted by Gasteiger charge is -2.30. The highest BCUT2D eigenvalue weighted by molar-refractivity contribution is 5.84. The van der Waals surface area contributed by atoms with Gasteiger partial charge in [0, 0.05) is 33.3 Å². The minimum absolute atomic E-state index is 0.0611. The predicted molar refractivity (Wildman–Crippen MR) is 91.9 cm³/mol. The molecule has 0 radical (unpaired) electrons. The van der Waals surface area contributed by atoms with Crippen LogP contribution in [0.3, 0.4) is 0 Å². The van der Waals surface area contributed by atoms with E-state index in [0.717, 1.165) is 38.1 Å². The van der Waals surface area contributed by atoms with Gasteiger partial charge in [0.1, 0.15) is 12.3 Å². The second-order valence-electron chi connectivity index (χ2n) is 7.02. The quantitative estimate of drug-likeness (QED) is 0.754. The van der Waals surface area contributed by atoms with Crippen LogP contribution in [0, 0.1) is 0 Å². The molecular weight excluding hydrogens is 322 g/mol. The fourth-order valence-corrected chi connectivity index (χ4v) is 3.12. The van der Waals surface area contributed by atoms with E-state index in [1.807, 2.05) is 12.1 Å². The number of ether oxygens (including phenoxy) is 1. The van der Waals surface area contributed by atoms with Gasteiger partial charge >= 0.3 is 6.03 Å². The molecule has 7 heteroatoms. The summed E-state index contributed by atoms with van der Waals surface area (Å²) in [5.41, 5.74) is 0. The molecule has 0 spiro atoms. The molecule has 138 valence electrons. The lowest BCUT2D eigenvalue weighted by Crippen LogP contribution is -2.48. The Kier molecular flexibility index (Phi) is 5.63. The molecule has 1 aromatic heterocycles. The SMILES string of the molecule is CN(C)C(=O)N(CC(=O)N(Cc1ccco1)C[C@@H]1CCCO1)C1CC1. The lowest BCUT2D eigenvalue weighted by molar-refractivity contribution is -0.134. The first kappa shape index (κ1) is 17.8. The van der Waals surface area contributed by atoms with Gasteiger partial charge in [-0.1, -0.05) is 0 Å². The highest BCUT2D eigenvalue weighted by Crippen LogP contribution is 2.27. The summed E-state index contributed by atoms with van der Waals surface area (Å²) in [4.78, 5) is 30.3. The van der Waals surface area contributed by atoms with Gasteiger partial charge in [-0.3, -0.25) is 4.79 Å². The van der Waals surface area contributed by atoms with Crippen molar-refractivity contribution in [2.24, 2.45) is 0 Å². The fourth-order valence-electron chi connectivity index (χ4n) is 3.12. The van der Waals surface area contributed by atoms with E-state index in [1.54, 1.807) is 30.2 Å². The maximum Gasteiger partial charge on any atom is 0.320 e. The molecular formula is C18H27N3O4. The maximum atomic E-state index is 12.9. The van der Waals surface area contributed by atoms with Crippen LogP contribution in [0.4, 0.5) is 4.79 Å². The van der Waals surface area contributed by atoms with Crippen LogP contribution in [-0.2, 0) is 16.1 Å². The minimum Gasteiger partial charge on any atom is -0.467 e. The van der Waals surface area contributed by atoms with Crippen LogP contribution in [0.1, 0.15) is 31.4 Å². The minimum atomic E-state index is -0.106. The predicted octanol–water partition coefficient (Wildman–Crippen LogP) is 1.93. The van der Waals surface area contributed by atoms with Crippen molar-refractivity contribution in [2.45, 2.75) is 44.4 Å². The molecule has 7 nitrogen and oxygen atoms in total. The third-order valence-electron chi connectivity index (χ3n) is 4.65. The van der Waals surface area contributed by atoms with Gasteiger partial charge < -0.3 is 23.9 Å². The van der Waals surface area contributed by atoms with Crippen LogP contribution in [0.5, 0.6) is 0 Å². The van der Waals surface area contributed by atoms with Crippen molar-refractivity contribution in [3.63, 3.8) is 0 Å². The molecule has 1 saturated carbocycles. The van der Waals surface area contributed by atoms with Crippen molar-refractivity contribution in [1.82, 2.24) is 14.7 Å². The third-order valence-corrected chi connectivity index (χ3v) is 4.65. The average Bonchev–Trinajstić information content (AvgIpc) is 3.07. The largest absolute Gasteiger partial charge is 0.467 e. The van der Waals surface area contributed by atoms with Crippen LogP contribution in [0.25, 0.3) is 0 Å². The second kappa shape index (κ2) is 7.91. The number of nitrogens with zero attached hydrogens (tertiary/aromatic N) is 3. The number of carbonyl (C=O) groups is 2. The molecule has 1 atom stereocenters. The number of urea groups is 1. The Balaban J connectivity index is 1.67. The highest BCUT2D eigenvalue weighted by Gasteiger charge is 2.36. The first-order chi connectivity index (χ1) is 12.0. The Morgan fingerprint density at radius 1 is 1.24 bits per heavy atom. The van der Waals surface area contributed by atoms with Crippen LogP contribution < -0.4 is 0 Å². The Bertz CT molecular complexity index is 577. The van der Waals surface area contributed by atoms with E-state index in [1.165, 1.54) is 4.90 Å². The second-order valence-corrected chi connectivity index (χ2v) is 7.02. The van der Waals surface area contributed by atoms with Gasteiger partial charge in [-0.15, -0.1) is 0 Å². The molecule has 3 rings (SSSR count). The summed E-state index contributed by atoms with van der Waals surface area (Å²) in [5, 5.41) is 0. The van der Waals surface area contributed by atoms with E-state index in [9.17, 15) is 9.59 Å². The first-order valence-corrected chi connectivity index (χ1v) is 8.94. The summed E-state index contributed by atoms with van der Waals surface area (Å²) in [6, 6.07) is 3.76. The smallest absolute Gasteiger partial charge is 0.320 e. The van der Waals surface area contributed by atoms with E-state index < -0.39 is 0 Å². The third kappa shape index (κ3) is 4.75. The summed E-state index contributed by atoms with van der Waals surface area (Å²) >= 11 is 0. The fraction of sp³-hybridized carbons (Fsp3) is 0.667. The lowest BCUT2D eigenvalue weighted by atomic mass is 10.2. The number of furan rings is 1. The van der Waals surface area contributed by atoms with Crippen LogP contribution in [-0.4, -0.2) is 72.6 Å². The Hall–Kier alpha value is -2.02. The summed E-state index contributed by atoms with van der Waals surface area (Å²) < 4.78 is 11.1. The summed E-state index contributed by atoms with van der Waals surface area (Å²) in [7, 11) is 3.43. The molecule has 1 aliphatic heterocycles. The molecule has 1 aromatic rings. The van der Waals surface area contributed by atoms with E-state index >= 15 is 0 Å². The number of carbonyl (C=O) groups excluding carboxylic acids is 2. The van der Waals surface area contributed by atoms with Crippen LogP contribution in [0.15, 0.2) is 22.8 Å². The molecule has 2 heterocycles. The molecule has 0 aromatic carbocycles. The van der Waals surface area contributed by atoms with E-state index in [0.29, 0.717) is 13.1 Å². The van der Waals surface area contributed by atoms with Crippen molar-refractivity contribution in [3.05, 3.63) is 24.2 Å². The van der Waals surface area contributed by atoms with E-state index in [4.69, 9.17) is 9.15 Å². The molecule has 1 saturated heterocycles. The number of rotatable bonds is 7. The van der Waals surface area contributed by atoms with Crippen molar-refractivity contribution in [1.29, 1.82) is 0 Å². The zero-order chi connectivity index (χ0) is 17.8. The van der Waals surface area contributed by atoms with Crippen molar-refractivity contribution in [2.75, 3.05) is 33.8 Å². The van der Waals surface area contributed by atoms with Gasteiger partial charge in [-0.05, 0) is 37.8 Å². The topological polar surface area (TPSA) is 66.2 Å². The zero-order valence-corrected chi connectivity index (χ0v) is 15.0. The van der Waals surface area contributed by atoms with Crippen molar-refractivity contribution < 1.29 is 18.7 Å². The van der Waals surface area contributed by atoms with Crippen molar-refractivity contribution in [3.8, 4) is 0 Å². The Morgan fingerprint density at radius 3 is 2.60 bits per heavy atom. The van der Waals surface area contributed by atoms with Gasteiger partial charge in [-0.2, -0.15) is 0 Å². The van der Waals surface area contributed by atoms with Crippen molar-refractivity contribution >= 4 is 11.9 Å². The van der Waals surface area contributed by atoms with E-state index in [-0.39, 0.29) is 30.6 Å². The van der Waals surface area contributed by atoms with Crippen LogP contribution >= 0.6 is 0 Å². The van der Waals surface area contributed by atoms with E-state index in [2.05, 4.69) is 0 Å². The molecule has 0 N–H and O–H groups in total. The molecule has 1 aliphatic carbocycles. The standard InChI is InChI=1S/C18H27N3O4/c1-19(2)18(23)21(14-7-8-14)13-17(22)20(11-15-5-3-9-24-15)12-16-6-4-10-25-16/h3,5,9,14,16H,4,6-8,10-13H2,1-2H3/t16-/m0/s1. The molecule has 3 amide bonds. The Labute approximate surface area is 148 Å². The normalized spacial score (nSPS) is 19.7.